The fraction of sp³-hybridized carbons (Fsp3) is 0.526. The van der Waals surface area contributed by atoms with Gasteiger partial charge in [-0.05, 0) is 26.3 Å². The molecule has 0 fully saturated rings. The van der Waals surface area contributed by atoms with Gasteiger partial charge in [-0.3, -0.25) is 9.59 Å². The summed E-state index contributed by atoms with van der Waals surface area (Å²) in [6, 6.07) is 8.60. The summed E-state index contributed by atoms with van der Waals surface area (Å²) in [7, 11) is 0. The lowest BCUT2D eigenvalue weighted by molar-refractivity contribution is -0.158. The first-order valence-electron chi connectivity index (χ1n) is 8.45. The summed E-state index contributed by atoms with van der Waals surface area (Å²) in [6.07, 6.45) is -0.401. The van der Waals surface area contributed by atoms with Crippen molar-refractivity contribution >= 4 is 29.6 Å². The number of ether oxygens (including phenoxy) is 1. The van der Waals surface area contributed by atoms with Crippen molar-refractivity contribution in [1.82, 2.24) is 5.32 Å². The van der Waals surface area contributed by atoms with Gasteiger partial charge in [0.1, 0.15) is 11.6 Å². The molecule has 0 aliphatic carbocycles. The first-order chi connectivity index (χ1) is 12.1. The number of esters is 1. The Morgan fingerprint density at radius 2 is 1.81 bits per heavy atom. The molecule has 7 heteroatoms. The minimum absolute atomic E-state index is 0.371. The number of carboxylic acid groups (broad SMARTS) is 1. The number of rotatable bonds is 9. The van der Waals surface area contributed by atoms with Crippen LogP contribution in [0, 0.1) is 5.92 Å². The molecule has 0 radical (unpaired) electrons. The number of carbonyl (C=O) groups is 3. The molecule has 0 bridgehead atoms. The highest BCUT2D eigenvalue weighted by Gasteiger charge is 2.28. The van der Waals surface area contributed by atoms with Gasteiger partial charge in [-0.2, -0.15) is 11.8 Å². The van der Waals surface area contributed by atoms with E-state index in [0.29, 0.717) is 5.75 Å². The van der Waals surface area contributed by atoms with E-state index in [1.165, 1.54) is 5.56 Å². The Labute approximate surface area is 158 Å². The van der Waals surface area contributed by atoms with Crippen molar-refractivity contribution in [3.05, 3.63) is 35.9 Å². The van der Waals surface area contributed by atoms with Crippen molar-refractivity contribution in [1.29, 1.82) is 0 Å². The Morgan fingerprint density at radius 3 is 2.35 bits per heavy atom. The number of carbonyl (C=O) groups excluding carboxylic acids is 2. The number of nitrogens with one attached hydrogen (secondary N) is 1. The second-order valence-electron chi connectivity index (χ2n) is 7.09. The number of hydrogen-bond acceptors (Lipinski definition) is 5. The van der Waals surface area contributed by atoms with Crippen LogP contribution in [-0.2, 0) is 24.9 Å². The van der Waals surface area contributed by atoms with E-state index in [2.05, 4.69) is 5.32 Å². The number of hydrogen-bond donors (Lipinski definition) is 2. The Balaban J connectivity index is 2.47. The van der Waals surface area contributed by atoms with Crippen molar-refractivity contribution in [2.24, 2.45) is 5.92 Å². The number of thioether (sulfide) groups is 1. The van der Waals surface area contributed by atoms with Crippen LogP contribution in [0.5, 0.6) is 0 Å². The smallest absolute Gasteiger partial charge is 0.326 e. The summed E-state index contributed by atoms with van der Waals surface area (Å²) >= 11 is 1.60. The van der Waals surface area contributed by atoms with E-state index < -0.39 is 30.0 Å². The average molecular weight is 381 g/mol. The second kappa shape index (κ2) is 10.2. The maximum absolute atomic E-state index is 12.2. The summed E-state index contributed by atoms with van der Waals surface area (Å²) in [6.45, 7) is 6.83. The molecule has 1 aromatic rings. The van der Waals surface area contributed by atoms with Gasteiger partial charge in [0.15, 0.2) is 0 Å². The Kier molecular flexibility index (Phi) is 8.65. The molecule has 0 aromatic heterocycles. The number of aliphatic carboxylic acids is 1. The standard InChI is InChI=1S/C19H27NO5S/c1-13(11-26-12-14-8-6-5-7-9-14)17(22)20-15(18(23)24)10-16(21)25-19(2,3)4/h5-9,13,15H,10-12H2,1-4H3,(H,20,22)(H,23,24). The van der Waals surface area contributed by atoms with Gasteiger partial charge in [-0.15, -0.1) is 0 Å². The molecule has 0 saturated heterocycles. The van der Waals surface area contributed by atoms with E-state index in [4.69, 9.17) is 4.74 Å². The first-order valence-corrected chi connectivity index (χ1v) is 9.60. The summed E-state index contributed by atoms with van der Waals surface area (Å²) in [5, 5.41) is 11.7. The fourth-order valence-corrected chi connectivity index (χ4v) is 3.12. The first kappa shape index (κ1) is 22.0. The van der Waals surface area contributed by atoms with Gasteiger partial charge < -0.3 is 15.2 Å². The third-order valence-electron chi connectivity index (χ3n) is 3.33. The van der Waals surface area contributed by atoms with Crippen molar-refractivity contribution in [2.75, 3.05) is 5.75 Å². The Hall–Kier alpha value is -2.02. The molecule has 1 rings (SSSR count). The monoisotopic (exact) mass is 381 g/mol. The third kappa shape index (κ3) is 8.89. The molecule has 0 heterocycles. The molecule has 0 aliphatic heterocycles. The zero-order chi connectivity index (χ0) is 19.7. The molecule has 0 saturated carbocycles. The van der Waals surface area contributed by atoms with E-state index in [-0.39, 0.29) is 11.8 Å². The molecular weight excluding hydrogens is 354 g/mol. The lowest BCUT2D eigenvalue weighted by atomic mass is 10.1. The maximum Gasteiger partial charge on any atom is 0.326 e. The molecule has 0 aliphatic rings. The summed E-state index contributed by atoms with van der Waals surface area (Å²) in [4.78, 5) is 35.4. The van der Waals surface area contributed by atoms with Crippen LogP contribution in [0.15, 0.2) is 30.3 Å². The van der Waals surface area contributed by atoms with Crippen molar-refractivity contribution < 1.29 is 24.2 Å². The van der Waals surface area contributed by atoms with E-state index in [9.17, 15) is 19.5 Å². The topological polar surface area (TPSA) is 92.7 Å². The van der Waals surface area contributed by atoms with Gasteiger partial charge in [0.05, 0.1) is 6.42 Å². The minimum Gasteiger partial charge on any atom is -0.480 e. The van der Waals surface area contributed by atoms with Gasteiger partial charge in [0.25, 0.3) is 0 Å². The van der Waals surface area contributed by atoms with Gasteiger partial charge >= 0.3 is 11.9 Å². The largest absolute Gasteiger partial charge is 0.480 e. The number of carboxylic acids is 1. The predicted octanol–water partition coefficient (Wildman–Crippen LogP) is 2.86. The van der Waals surface area contributed by atoms with E-state index in [1.54, 1.807) is 39.5 Å². The molecule has 144 valence electrons. The summed E-state index contributed by atoms with van der Waals surface area (Å²) in [5.74, 6) is -1.34. The normalized spacial score (nSPS) is 13.5. The summed E-state index contributed by atoms with van der Waals surface area (Å²) < 4.78 is 5.12. The molecule has 0 spiro atoms. The highest BCUT2D eigenvalue weighted by molar-refractivity contribution is 7.98. The van der Waals surface area contributed by atoms with E-state index in [0.717, 1.165) is 5.75 Å². The number of benzene rings is 1. The zero-order valence-corrected chi connectivity index (χ0v) is 16.5. The maximum atomic E-state index is 12.2. The van der Waals surface area contributed by atoms with Crippen LogP contribution in [0.2, 0.25) is 0 Å². The molecule has 6 nitrogen and oxygen atoms in total. The number of amides is 1. The molecule has 2 atom stereocenters. The van der Waals surface area contributed by atoms with Crippen LogP contribution in [0.4, 0.5) is 0 Å². The lowest BCUT2D eigenvalue weighted by Crippen LogP contribution is -2.45. The van der Waals surface area contributed by atoms with Crippen LogP contribution in [0.25, 0.3) is 0 Å². The lowest BCUT2D eigenvalue weighted by Gasteiger charge is -2.22. The molecule has 2 N–H and O–H groups in total. The second-order valence-corrected chi connectivity index (χ2v) is 8.12. The van der Waals surface area contributed by atoms with Crippen LogP contribution < -0.4 is 5.32 Å². The van der Waals surface area contributed by atoms with Gasteiger partial charge in [0, 0.05) is 17.4 Å². The summed E-state index contributed by atoms with van der Waals surface area (Å²) in [5.41, 5.74) is 0.462. The van der Waals surface area contributed by atoms with Crippen molar-refractivity contribution in [3.63, 3.8) is 0 Å². The fourth-order valence-electron chi connectivity index (χ4n) is 2.07. The quantitative estimate of drug-likeness (QED) is 0.639. The zero-order valence-electron chi connectivity index (χ0n) is 15.7. The molecule has 1 amide bonds. The van der Waals surface area contributed by atoms with Gasteiger partial charge in [-0.25, -0.2) is 4.79 Å². The molecule has 1 aromatic carbocycles. The van der Waals surface area contributed by atoms with Crippen LogP contribution >= 0.6 is 11.8 Å². The van der Waals surface area contributed by atoms with Crippen molar-refractivity contribution in [2.45, 2.75) is 51.5 Å². The predicted molar refractivity (Wildman–Crippen MR) is 102 cm³/mol. The van der Waals surface area contributed by atoms with Crippen LogP contribution in [0.1, 0.15) is 39.7 Å². The highest BCUT2D eigenvalue weighted by Crippen LogP contribution is 2.16. The molecule has 26 heavy (non-hydrogen) atoms. The minimum atomic E-state index is -1.29. The Bertz CT molecular complexity index is 612. The van der Waals surface area contributed by atoms with Crippen molar-refractivity contribution in [3.8, 4) is 0 Å². The SMILES string of the molecule is CC(CSCc1ccccc1)C(=O)NC(CC(=O)OC(C)(C)C)C(=O)O. The molecule has 2 unspecified atom stereocenters. The Morgan fingerprint density at radius 1 is 1.19 bits per heavy atom. The van der Waals surface area contributed by atoms with Gasteiger partial charge in [0.2, 0.25) is 5.91 Å². The van der Waals surface area contributed by atoms with Crippen LogP contribution in [0.3, 0.4) is 0 Å². The average Bonchev–Trinajstić information content (AvgIpc) is 2.53. The highest BCUT2D eigenvalue weighted by atomic mass is 32.2. The van der Waals surface area contributed by atoms with E-state index >= 15 is 0 Å². The van der Waals surface area contributed by atoms with Crippen LogP contribution in [-0.4, -0.2) is 40.3 Å². The molecular formula is C19H27NO5S. The van der Waals surface area contributed by atoms with Gasteiger partial charge in [-0.1, -0.05) is 37.3 Å². The third-order valence-corrected chi connectivity index (χ3v) is 4.61. The van der Waals surface area contributed by atoms with E-state index in [1.807, 2.05) is 30.3 Å².